The summed E-state index contributed by atoms with van der Waals surface area (Å²) < 4.78 is 7.25. The maximum absolute atomic E-state index is 13.1. The van der Waals surface area contributed by atoms with E-state index in [1.54, 1.807) is 25.1 Å². The lowest BCUT2D eigenvalue weighted by atomic mass is 10.1. The van der Waals surface area contributed by atoms with E-state index in [1.165, 1.54) is 4.90 Å². The smallest absolute Gasteiger partial charge is 0.261 e. The van der Waals surface area contributed by atoms with Gasteiger partial charge in [-0.2, -0.15) is 0 Å². The molecule has 0 unspecified atom stereocenters. The van der Waals surface area contributed by atoms with Crippen LogP contribution < -0.4 is 10.1 Å². The minimum Gasteiger partial charge on any atom is -0.483 e. The minimum absolute atomic E-state index is 0.207. The first-order valence-corrected chi connectivity index (χ1v) is 11.4. The van der Waals surface area contributed by atoms with Gasteiger partial charge in [0.15, 0.2) is 6.61 Å². The Morgan fingerprint density at radius 2 is 1.87 bits per heavy atom. The molecule has 0 fully saturated rings. The normalized spacial score (nSPS) is 12.2. The van der Waals surface area contributed by atoms with E-state index in [0.29, 0.717) is 15.2 Å². The third-order valence-electron chi connectivity index (χ3n) is 4.15. The van der Waals surface area contributed by atoms with Gasteiger partial charge in [0.2, 0.25) is 5.91 Å². The number of hydrogen-bond donors (Lipinski definition) is 1. The van der Waals surface area contributed by atoms with Crippen LogP contribution in [0.5, 0.6) is 5.75 Å². The summed E-state index contributed by atoms with van der Waals surface area (Å²) in [6, 6.07) is 12.0. The average Bonchev–Trinajstić information content (AvgIpc) is 2.63. The quantitative estimate of drug-likeness (QED) is 0.481. The fourth-order valence-electron chi connectivity index (χ4n) is 2.70. The highest BCUT2D eigenvalue weighted by Crippen LogP contribution is 2.28. The molecule has 2 aromatic carbocycles. The van der Waals surface area contributed by atoms with Gasteiger partial charge in [-0.25, -0.2) is 0 Å². The van der Waals surface area contributed by atoms with Crippen LogP contribution in [0.15, 0.2) is 51.4 Å². The van der Waals surface area contributed by atoms with Gasteiger partial charge < -0.3 is 15.0 Å². The number of hydrogen-bond acceptors (Lipinski definition) is 3. The fraction of sp³-hybridized carbons (Fsp3) is 0.364. The first-order chi connectivity index (χ1) is 14.0. The number of carbonyl (C=O) groups is 2. The van der Waals surface area contributed by atoms with Crippen molar-refractivity contribution in [2.45, 2.75) is 45.8 Å². The lowest BCUT2D eigenvalue weighted by molar-refractivity contribution is -0.142. The van der Waals surface area contributed by atoms with Gasteiger partial charge in [0.1, 0.15) is 11.8 Å². The molecule has 1 atom stereocenters. The average molecular weight is 561 g/mol. The Bertz CT molecular complexity index is 915. The summed E-state index contributed by atoms with van der Waals surface area (Å²) in [7, 11) is 0. The molecule has 0 spiro atoms. The highest BCUT2D eigenvalue weighted by atomic mass is 79.9. The molecule has 2 aromatic rings. The summed E-state index contributed by atoms with van der Waals surface area (Å²) in [5.41, 5.74) is 0.501. The molecule has 1 N–H and O–H groups in total. The first-order valence-electron chi connectivity index (χ1n) is 9.40. The van der Waals surface area contributed by atoms with Gasteiger partial charge in [-0.15, -0.1) is 0 Å². The second-order valence-corrected chi connectivity index (χ2v) is 10.1. The van der Waals surface area contributed by atoms with Crippen molar-refractivity contribution in [1.82, 2.24) is 10.2 Å². The number of rotatable bonds is 7. The van der Waals surface area contributed by atoms with E-state index in [0.717, 1.165) is 10.0 Å². The van der Waals surface area contributed by atoms with Crippen LogP contribution in [0.3, 0.4) is 0 Å². The molecule has 0 aromatic heterocycles. The highest BCUT2D eigenvalue weighted by Gasteiger charge is 2.28. The van der Waals surface area contributed by atoms with E-state index in [1.807, 2.05) is 45.0 Å². The van der Waals surface area contributed by atoms with Crippen molar-refractivity contribution in [3.05, 3.63) is 62.0 Å². The summed E-state index contributed by atoms with van der Waals surface area (Å²) in [6.07, 6.45) is 0. The van der Waals surface area contributed by atoms with Gasteiger partial charge >= 0.3 is 0 Å². The van der Waals surface area contributed by atoms with E-state index >= 15 is 0 Å². The first kappa shape index (κ1) is 24.7. The summed E-state index contributed by atoms with van der Waals surface area (Å²) in [6.45, 7) is 7.50. The van der Waals surface area contributed by atoms with Crippen molar-refractivity contribution in [2.24, 2.45) is 0 Å². The lowest BCUT2D eigenvalue weighted by Gasteiger charge is -2.31. The molecule has 0 bridgehead atoms. The topological polar surface area (TPSA) is 58.6 Å². The molecule has 30 heavy (non-hydrogen) atoms. The molecule has 0 saturated heterocycles. The SMILES string of the molecule is C[C@@H](C(=O)NC(C)(C)C)N(Cc1cccc(Br)c1)C(=O)COc1ccc(Cl)cc1Br. The van der Waals surface area contributed by atoms with E-state index in [2.05, 4.69) is 37.2 Å². The number of carbonyl (C=O) groups excluding carboxylic acids is 2. The van der Waals surface area contributed by atoms with Crippen LogP contribution in [0.2, 0.25) is 5.02 Å². The predicted octanol–water partition coefficient (Wildman–Crippen LogP) is 5.58. The Labute approximate surface area is 199 Å². The number of benzene rings is 2. The van der Waals surface area contributed by atoms with Crippen molar-refractivity contribution < 1.29 is 14.3 Å². The fourth-order valence-corrected chi connectivity index (χ4v) is 3.95. The second kappa shape index (κ2) is 10.6. The molecule has 8 heteroatoms. The maximum Gasteiger partial charge on any atom is 0.261 e. The number of halogens is 3. The van der Waals surface area contributed by atoms with Crippen LogP contribution in [0.1, 0.15) is 33.3 Å². The predicted molar refractivity (Wildman–Crippen MR) is 127 cm³/mol. The standard InChI is InChI=1S/C22H25Br2ClN2O3/c1-14(21(29)26-22(2,3)4)27(12-15-6-5-7-16(23)10-15)20(28)13-30-19-9-8-17(25)11-18(19)24/h5-11,14H,12-13H2,1-4H3,(H,26,29)/t14-/m0/s1. The molecule has 2 rings (SSSR count). The zero-order valence-electron chi connectivity index (χ0n) is 17.3. The number of amides is 2. The van der Waals surface area contributed by atoms with Gasteiger partial charge in [0.05, 0.1) is 4.47 Å². The van der Waals surface area contributed by atoms with Gasteiger partial charge in [0, 0.05) is 21.6 Å². The van der Waals surface area contributed by atoms with E-state index in [9.17, 15) is 9.59 Å². The van der Waals surface area contributed by atoms with Crippen molar-refractivity contribution in [3.8, 4) is 5.75 Å². The van der Waals surface area contributed by atoms with Crippen LogP contribution >= 0.6 is 43.5 Å². The molecule has 2 amide bonds. The van der Waals surface area contributed by atoms with Crippen LogP contribution in [0.25, 0.3) is 0 Å². The van der Waals surface area contributed by atoms with Crippen LogP contribution in [-0.2, 0) is 16.1 Å². The zero-order chi connectivity index (χ0) is 22.5. The Kier molecular flexibility index (Phi) is 8.76. The van der Waals surface area contributed by atoms with Crippen molar-refractivity contribution in [2.75, 3.05) is 6.61 Å². The van der Waals surface area contributed by atoms with Crippen LogP contribution in [0, 0.1) is 0 Å². The Balaban J connectivity index is 2.20. The zero-order valence-corrected chi connectivity index (χ0v) is 21.3. The molecule has 0 aliphatic carbocycles. The van der Waals surface area contributed by atoms with Crippen LogP contribution in [-0.4, -0.2) is 34.9 Å². The number of nitrogens with one attached hydrogen (secondary N) is 1. The summed E-state index contributed by atoms with van der Waals surface area (Å²) >= 11 is 12.8. The Morgan fingerprint density at radius 3 is 2.47 bits per heavy atom. The lowest BCUT2D eigenvalue weighted by Crippen LogP contribution is -2.53. The molecule has 162 valence electrons. The third kappa shape index (κ3) is 7.60. The molecule has 0 heterocycles. The summed E-state index contributed by atoms with van der Waals surface area (Å²) in [5.74, 6) is -0.0196. The third-order valence-corrected chi connectivity index (χ3v) is 5.50. The molecule has 0 aliphatic heterocycles. The Hall–Kier alpha value is -1.57. The van der Waals surface area contributed by atoms with Crippen LogP contribution in [0.4, 0.5) is 0 Å². The van der Waals surface area contributed by atoms with Gasteiger partial charge in [-0.05, 0) is 79.5 Å². The number of nitrogens with zero attached hydrogens (tertiary/aromatic N) is 1. The van der Waals surface area contributed by atoms with Crippen molar-refractivity contribution >= 4 is 55.3 Å². The molecular weight excluding hydrogens is 536 g/mol. The van der Waals surface area contributed by atoms with E-state index in [4.69, 9.17) is 16.3 Å². The highest BCUT2D eigenvalue weighted by molar-refractivity contribution is 9.10. The monoisotopic (exact) mass is 558 g/mol. The maximum atomic E-state index is 13.1. The molecule has 0 saturated carbocycles. The summed E-state index contributed by atoms with van der Waals surface area (Å²) in [4.78, 5) is 27.3. The number of ether oxygens (including phenoxy) is 1. The summed E-state index contributed by atoms with van der Waals surface area (Å²) in [5, 5.41) is 3.50. The second-order valence-electron chi connectivity index (χ2n) is 7.93. The molecular formula is C22H25Br2ClN2O3. The largest absolute Gasteiger partial charge is 0.483 e. The molecule has 0 radical (unpaired) electrons. The van der Waals surface area contributed by atoms with Crippen molar-refractivity contribution in [3.63, 3.8) is 0 Å². The minimum atomic E-state index is -0.673. The molecule has 0 aliphatic rings. The molecule has 5 nitrogen and oxygen atoms in total. The van der Waals surface area contributed by atoms with Gasteiger partial charge in [-0.1, -0.05) is 39.7 Å². The van der Waals surface area contributed by atoms with Gasteiger partial charge in [-0.3, -0.25) is 9.59 Å². The Morgan fingerprint density at radius 1 is 1.17 bits per heavy atom. The van der Waals surface area contributed by atoms with Gasteiger partial charge in [0.25, 0.3) is 5.91 Å². The van der Waals surface area contributed by atoms with Crippen molar-refractivity contribution in [1.29, 1.82) is 0 Å². The van der Waals surface area contributed by atoms with E-state index in [-0.39, 0.29) is 25.0 Å². The van der Waals surface area contributed by atoms with E-state index < -0.39 is 11.6 Å².